The highest BCUT2D eigenvalue weighted by atomic mass is 35.5. The molecule has 1 heterocycles. The van der Waals surface area contributed by atoms with Gasteiger partial charge in [-0.3, -0.25) is 4.79 Å². The quantitative estimate of drug-likeness (QED) is 0.636. The lowest BCUT2D eigenvalue weighted by molar-refractivity contribution is -0.132. The van der Waals surface area contributed by atoms with Gasteiger partial charge in [0.05, 0.1) is 6.04 Å². The van der Waals surface area contributed by atoms with Gasteiger partial charge in [-0.05, 0) is 37.1 Å². The Morgan fingerprint density at radius 1 is 1.17 bits per heavy atom. The lowest BCUT2D eigenvalue weighted by atomic mass is 10.1. The SMILES string of the molecule is CC(c1cc2ccccc2o1)N(C)C(=O)CCc1ccccc1Cl. The van der Waals surface area contributed by atoms with Crippen LogP contribution in [0.1, 0.15) is 30.7 Å². The molecular weight excluding hydrogens is 322 g/mol. The van der Waals surface area contributed by atoms with Gasteiger partial charge in [0, 0.05) is 23.9 Å². The minimum absolute atomic E-state index is 0.0721. The van der Waals surface area contributed by atoms with Gasteiger partial charge < -0.3 is 9.32 Å². The molecule has 0 spiro atoms. The molecule has 1 amide bonds. The Morgan fingerprint density at radius 3 is 2.62 bits per heavy atom. The summed E-state index contributed by atoms with van der Waals surface area (Å²) in [5, 5.41) is 1.76. The third kappa shape index (κ3) is 3.46. The number of amides is 1. The molecule has 0 saturated carbocycles. The molecule has 0 bridgehead atoms. The van der Waals surface area contributed by atoms with E-state index in [1.165, 1.54) is 0 Å². The highest BCUT2D eigenvalue weighted by molar-refractivity contribution is 6.31. The zero-order valence-electron chi connectivity index (χ0n) is 13.8. The van der Waals surface area contributed by atoms with Crippen LogP contribution in [0.5, 0.6) is 0 Å². The molecule has 24 heavy (non-hydrogen) atoms. The molecule has 0 saturated heterocycles. The lowest BCUT2D eigenvalue weighted by Gasteiger charge is -2.23. The van der Waals surface area contributed by atoms with Crippen LogP contribution in [0, 0.1) is 0 Å². The van der Waals surface area contributed by atoms with E-state index in [1.807, 2.05) is 68.6 Å². The van der Waals surface area contributed by atoms with E-state index in [0.29, 0.717) is 17.9 Å². The number of hydrogen-bond acceptors (Lipinski definition) is 2. The molecule has 1 aromatic heterocycles. The maximum atomic E-state index is 12.5. The number of para-hydroxylation sites is 1. The van der Waals surface area contributed by atoms with Crippen molar-refractivity contribution in [2.24, 2.45) is 0 Å². The molecule has 1 atom stereocenters. The number of aryl methyl sites for hydroxylation is 1. The second-order valence-corrected chi connectivity index (χ2v) is 6.37. The lowest BCUT2D eigenvalue weighted by Crippen LogP contribution is -2.29. The zero-order valence-corrected chi connectivity index (χ0v) is 14.6. The van der Waals surface area contributed by atoms with E-state index in [2.05, 4.69) is 0 Å². The van der Waals surface area contributed by atoms with Crippen molar-refractivity contribution in [2.75, 3.05) is 7.05 Å². The smallest absolute Gasteiger partial charge is 0.223 e. The van der Waals surface area contributed by atoms with Crippen LogP contribution in [-0.4, -0.2) is 17.9 Å². The molecule has 0 fully saturated rings. The second kappa shape index (κ2) is 7.10. The van der Waals surface area contributed by atoms with Crippen molar-refractivity contribution >= 4 is 28.5 Å². The van der Waals surface area contributed by atoms with Gasteiger partial charge in [-0.1, -0.05) is 48.0 Å². The van der Waals surface area contributed by atoms with Crippen molar-refractivity contribution < 1.29 is 9.21 Å². The van der Waals surface area contributed by atoms with Gasteiger partial charge in [0.25, 0.3) is 0 Å². The molecular formula is C20H20ClNO2. The summed E-state index contributed by atoms with van der Waals surface area (Å²) in [7, 11) is 1.81. The molecule has 3 aromatic rings. The van der Waals surface area contributed by atoms with Crippen LogP contribution in [-0.2, 0) is 11.2 Å². The third-order valence-corrected chi connectivity index (χ3v) is 4.77. The highest BCUT2D eigenvalue weighted by Gasteiger charge is 2.20. The van der Waals surface area contributed by atoms with Crippen LogP contribution >= 0.6 is 11.6 Å². The Kier molecular flexibility index (Phi) is 4.91. The van der Waals surface area contributed by atoms with E-state index in [4.69, 9.17) is 16.0 Å². The van der Waals surface area contributed by atoms with Crippen molar-refractivity contribution in [3.63, 3.8) is 0 Å². The van der Waals surface area contributed by atoms with Crippen molar-refractivity contribution in [1.29, 1.82) is 0 Å². The first kappa shape index (κ1) is 16.6. The maximum Gasteiger partial charge on any atom is 0.223 e. The first-order chi connectivity index (χ1) is 11.6. The Labute approximate surface area is 146 Å². The molecule has 0 N–H and O–H groups in total. The number of halogens is 1. The fourth-order valence-electron chi connectivity index (χ4n) is 2.73. The standard InChI is InChI=1S/C20H20ClNO2/c1-14(19-13-16-8-4-6-10-18(16)24-19)22(2)20(23)12-11-15-7-3-5-9-17(15)21/h3-10,13-14H,11-12H2,1-2H3. The second-order valence-electron chi connectivity index (χ2n) is 5.96. The first-order valence-electron chi connectivity index (χ1n) is 8.04. The molecule has 0 radical (unpaired) electrons. The monoisotopic (exact) mass is 341 g/mol. The van der Waals surface area contributed by atoms with Crippen LogP contribution in [0.15, 0.2) is 59.0 Å². The third-order valence-electron chi connectivity index (χ3n) is 4.40. The summed E-state index contributed by atoms with van der Waals surface area (Å²) < 4.78 is 5.87. The summed E-state index contributed by atoms with van der Waals surface area (Å²) in [4.78, 5) is 14.2. The average Bonchev–Trinajstić information content (AvgIpc) is 3.03. The van der Waals surface area contributed by atoms with Gasteiger partial charge >= 0.3 is 0 Å². The summed E-state index contributed by atoms with van der Waals surface area (Å²) in [6.07, 6.45) is 1.06. The minimum Gasteiger partial charge on any atom is -0.459 e. The predicted molar refractivity (Wildman–Crippen MR) is 97.2 cm³/mol. The summed E-state index contributed by atoms with van der Waals surface area (Å²) >= 11 is 6.15. The number of carbonyl (C=O) groups is 1. The van der Waals surface area contributed by atoms with E-state index >= 15 is 0 Å². The van der Waals surface area contributed by atoms with E-state index in [1.54, 1.807) is 4.90 Å². The average molecular weight is 342 g/mol. The van der Waals surface area contributed by atoms with Gasteiger partial charge in [0.2, 0.25) is 5.91 Å². The fourth-order valence-corrected chi connectivity index (χ4v) is 2.96. The minimum atomic E-state index is -0.115. The van der Waals surface area contributed by atoms with Crippen LogP contribution in [0.3, 0.4) is 0 Å². The van der Waals surface area contributed by atoms with Crippen LogP contribution in [0.4, 0.5) is 0 Å². The van der Waals surface area contributed by atoms with Gasteiger partial charge in [0.15, 0.2) is 0 Å². The van der Waals surface area contributed by atoms with Gasteiger partial charge in [-0.2, -0.15) is 0 Å². The molecule has 0 aliphatic rings. The molecule has 3 rings (SSSR count). The van der Waals surface area contributed by atoms with Crippen molar-refractivity contribution in [3.8, 4) is 0 Å². The molecule has 0 aliphatic heterocycles. The van der Waals surface area contributed by atoms with Crippen molar-refractivity contribution in [2.45, 2.75) is 25.8 Å². The van der Waals surface area contributed by atoms with Crippen LogP contribution < -0.4 is 0 Å². The number of carbonyl (C=O) groups excluding carboxylic acids is 1. The van der Waals surface area contributed by atoms with Crippen LogP contribution in [0.25, 0.3) is 11.0 Å². The van der Waals surface area contributed by atoms with Gasteiger partial charge in [-0.15, -0.1) is 0 Å². The number of nitrogens with zero attached hydrogens (tertiary/aromatic N) is 1. The topological polar surface area (TPSA) is 33.5 Å². The fraction of sp³-hybridized carbons (Fsp3) is 0.250. The van der Waals surface area contributed by atoms with E-state index in [-0.39, 0.29) is 11.9 Å². The predicted octanol–water partition coefficient (Wildman–Crippen LogP) is 5.24. The maximum absolute atomic E-state index is 12.5. The summed E-state index contributed by atoms with van der Waals surface area (Å²) in [5.41, 5.74) is 1.84. The summed E-state index contributed by atoms with van der Waals surface area (Å²) in [5.74, 6) is 0.868. The van der Waals surface area contributed by atoms with E-state index in [0.717, 1.165) is 22.3 Å². The Morgan fingerprint density at radius 2 is 1.88 bits per heavy atom. The summed E-state index contributed by atoms with van der Waals surface area (Å²) in [6, 6.07) is 17.4. The van der Waals surface area contributed by atoms with Crippen LogP contribution in [0.2, 0.25) is 5.02 Å². The number of fused-ring (bicyclic) bond motifs is 1. The Bertz CT molecular complexity index is 822. The Balaban J connectivity index is 1.67. The molecule has 0 aliphatic carbocycles. The molecule has 4 heteroatoms. The number of rotatable bonds is 5. The highest BCUT2D eigenvalue weighted by Crippen LogP contribution is 2.27. The first-order valence-corrected chi connectivity index (χ1v) is 8.41. The molecule has 2 aromatic carbocycles. The summed E-state index contributed by atoms with van der Waals surface area (Å²) in [6.45, 7) is 1.98. The largest absolute Gasteiger partial charge is 0.459 e. The number of furan rings is 1. The number of hydrogen-bond donors (Lipinski definition) is 0. The normalized spacial score (nSPS) is 12.3. The molecule has 1 unspecified atom stereocenters. The van der Waals surface area contributed by atoms with E-state index < -0.39 is 0 Å². The van der Waals surface area contributed by atoms with Gasteiger partial charge in [-0.25, -0.2) is 0 Å². The van der Waals surface area contributed by atoms with Crippen molar-refractivity contribution in [1.82, 2.24) is 4.90 Å². The number of benzene rings is 2. The van der Waals surface area contributed by atoms with E-state index in [9.17, 15) is 4.79 Å². The zero-order chi connectivity index (χ0) is 17.1. The van der Waals surface area contributed by atoms with Gasteiger partial charge in [0.1, 0.15) is 11.3 Å². The van der Waals surface area contributed by atoms with Crippen molar-refractivity contribution in [3.05, 3.63) is 70.9 Å². The molecule has 3 nitrogen and oxygen atoms in total. The Hall–Kier alpha value is -2.26. The molecule has 124 valence electrons.